The van der Waals surface area contributed by atoms with Crippen molar-refractivity contribution in [2.24, 2.45) is 0 Å². The van der Waals surface area contributed by atoms with Crippen molar-refractivity contribution in [3.63, 3.8) is 0 Å². The summed E-state index contributed by atoms with van der Waals surface area (Å²) in [7, 11) is -0.101. The van der Waals surface area contributed by atoms with Gasteiger partial charge in [-0.3, -0.25) is 4.79 Å². The van der Waals surface area contributed by atoms with Crippen molar-refractivity contribution in [3.8, 4) is 0 Å². The van der Waals surface area contributed by atoms with Crippen LogP contribution in [0.4, 0.5) is 0 Å². The normalized spacial score (nSPS) is 22.0. The van der Waals surface area contributed by atoms with E-state index in [0.29, 0.717) is 31.1 Å². The molecule has 4 rings (SSSR count). The van der Waals surface area contributed by atoms with Crippen LogP contribution in [-0.4, -0.2) is 79.7 Å². The highest BCUT2D eigenvalue weighted by molar-refractivity contribution is 7.86. The molecule has 4 heterocycles. The average molecular weight is 425 g/mol. The van der Waals surface area contributed by atoms with E-state index in [-0.39, 0.29) is 12.5 Å². The Hall–Kier alpha value is -1.59. The van der Waals surface area contributed by atoms with Gasteiger partial charge in [0.05, 0.1) is 12.7 Å². The van der Waals surface area contributed by atoms with Crippen LogP contribution in [0.25, 0.3) is 10.2 Å². The zero-order valence-corrected chi connectivity index (χ0v) is 17.6. The molecular weight excluding hydrogens is 400 g/mol. The van der Waals surface area contributed by atoms with E-state index in [9.17, 15) is 13.2 Å². The standard InChI is InChI=1S/C18H24N4O4S2/c1-20(2)18(23)16-15(13-6-5-7-19-17(13)27-16)14-12-22(10-11-26-14)28(24,25)21-8-3-4-9-21/h5-7,14H,3-4,8-12H2,1-2H3/t14-/m0/s1. The van der Waals surface area contributed by atoms with Crippen LogP contribution in [-0.2, 0) is 14.9 Å². The molecule has 0 aromatic carbocycles. The van der Waals surface area contributed by atoms with Gasteiger partial charge in [0.1, 0.15) is 9.71 Å². The van der Waals surface area contributed by atoms with E-state index in [1.54, 1.807) is 24.6 Å². The van der Waals surface area contributed by atoms with Crippen LogP contribution in [0.15, 0.2) is 18.3 Å². The van der Waals surface area contributed by atoms with Crippen molar-refractivity contribution in [2.75, 3.05) is 46.9 Å². The number of rotatable bonds is 4. The monoisotopic (exact) mass is 424 g/mol. The Morgan fingerprint density at radius 1 is 1.25 bits per heavy atom. The number of thiophene rings is 1. The third-order valence-corrected chi connectivity index (χ3v) is 8.29. The Labute approximate surface area is 168 Å². The van der Waals surface area contributed by atoms with Crippen molar-refractivity contribution in [1.29, 1.82) is 0 Å². The molecule has 2 aromatic rings. The third-order valence-electron chi connectivity index (χ3n) is 5.17. The van der Waals surface area contributed by atoms with E-state index in [4.69, 9.17) is 4.74 Å². The number of fused-ring (bicyclic) bond motifs is 1. The number of nitrogens with zero attached hydrogens (tertiary/aromatic N) is 4. The summed E-state index contributed by atoms with van der Waals surface area (Å²) in [5.74, 6) is -0.124. The smallest absolute Gasteiger partial charge is 0.282 e. The second kappa shape index (κ2) is 7.68. The van der Waals surface area contributed by atoms with Crippen molar-refractivity contribution in [1.82, 2.24) is 18.5 Å². The minimum atomic E-state index is -3.51. The summed E-state index contributed by atoms with van der Waals surface area (Å²) in [4.78, 5) is 20.0. The van der Waals surface area contributed by atoms with Gasteiger partial charge in [0, 0.05) is 57.4 Å². The topological polar surface area (TPSA) is 83.1 Å². The SMILES string of the molecule is CN(C)C(=O)c1sc2ncccc2c1[C@@H]1CN(S(=O)(=O)N2CCCC2)CCO1. The molecule has 2 saturated heterocycles. The molecule has 2 aromatic heterocycles. The Kier molecular flexibility index (Phi) is 5.41. The number of ether oxygens (including phenoxy) is 1. The van der Waals surface area contributed by atoms with Crippen LogP contribution in [0.1, 0.15) is 34.2 Å². The minimum Gasteiger partial charge on any atom is -0.371 e. The highest BCUT2D eigenvalue weighted by Crippen LogP contribution is 2.38. The number of morpholine rings is 1. The number of amides is 1. The second-order valence-corrected chi connectivity index (χ2v) is 10.2. The lowest BCUT2D eigenvalue weighted by molar-refractivity contribution is -0.00358. The number of hydrogen-bond acceptors (Lipinski definition) is 6. The molecule has 0 bridgehead atoms. The van der Waals surface area contributed by atoms with Crippen LogP contribution >= 0.6 is 11.3 Å². The lowest BCUT2D eigenvalue weighted by Crippen LogP contribution is -2.48. The fraction of sp³-hybridized carbons (Fsp3) is 0.556. The van der Waals surface area contributed by atoms with Gasteiger partial charge in [0.25, 0.3) is 16.1 Å². The highest BCUT2D eigenvalue weighted by atomic mass is 32.2. The summed E-state index contributed by atoms with van der Waals surface area (Å²) in [5, 5.41) is 0.850. The van der Waals surface area contributed by atoms with Crippen LogP contribution in [0, 0.1) is 0 Å². The van der Waals surface area contributed by atoms with Crippen molar-refractivity contribution in [2.45, 2.75) is 18.9 Å². The summed E-state index contributed by atoms with van der Waals surface area (Å²) in [5.41, 5.74) is 0.744. The van der Waals surface area contributed by atoms with Gasteiger partial charge < -0.3 is 9.64 Å². The van der Waals surface area contributed by atoms with E-state index in [1.165, 1.54) is 20.5 Å². The van der Waals surface area contributed by atoms with E-state index in [2.05, 4.69) is 4.98 Å². The molecule has 2 aliphatic heterocycles. The lowest BCUT2D eigenvalue weighted by atomic mass is 10.0. The second-order valence-electron chi connectivity index (χ2n) is 7.23. The highest BCUT2D eigenvalue weighted by Gasteiger charge is 2.38. The van der Waals surface area contributed by atoms with Crippen molar-refractivity contribution < 1.29 is 17.9 Å². The summed E-state index contributed by atoms with van der Waals surface area (Å²) >= 11 is 1.33. The van der Waals surface area contributed by atoms with Gasteiger partial charge in [-0.15, -0.1) is 11.3 Å². The Morgan fingerprint density at radius 2 is 2.00 bits per heavy atom. The average Bonchev–Trinajstić information content (AvgIpc) is 3.35. The first-order valence-electron chi connectivity index (χ1n) is 9.35. The molecule has 0 unspecified atom stereocenters. The molecule has 152 valence electrons. The molecule has 2 aliphatic rings. The molecule has 0 aliphatic carbocycles. The van der Waals surface area contributed by atoms with Gasteiger partial charge in [-0.2, -0.15) is 17.0 Å². The number of pyridine rings is 1. The third kappa shape index (κ3) is 3.43. The molecule has 28 heavy (non-hydrogen) atoms. The molecular formula is C18H24N4O4S2. The zero-order chi connectivity index (χ0) is 19.9. The Bertz CT molecular complexity index is 983. The van der Waals surface area contributed by atoms with Crippen LogP contribution < -0.4 is 0 Å². The first-order chi connectivity index (χ1) is 13.4. The summed E-state index contributed by atoms with van der Waals surface area (Å²) < 4.78 is 35.0. The maximum absolute atomic E-state index is 13.0. The fourth-order valence-electron chi connectivity index (χ4n) is 3.72. The first-order valence-corrected chi connectivity index (χ1v) is 11.6. The number of carbonyl (C=O) groups excluding carboxylic acids is 1. The predicted molar refractivity (Wildman–Crippen MR) is 108 cm³/mol. The summed E-state index contributed by atoms with van der Waals surface area (Å²) in [6, 6.07) is 3.74. The van der Waals surface area contributed by atoms with Gasteiger partial charge in [0.15, 0.2) is 0 Å². The molecule has 0 N–H and O–H groups in total. The molecule has 2 fully saturated rings. The van der Waals surface area contributed by atoms with E-state index >= 15 is 0 Å². The molecule has 1 amide bonds. The molecule has 0 saturated carbocycles. The molecule has 8 nitrogen and oxygen atoms in total. The lowest BCUT2D eigenvalue weighted by Gasteiger charge is -2.34. The number of aromatic nitrogens is 1. The quantitative estimate of drug-likeness (QED) is 0.746. The Balaban J connectivity index is 1.71. The van der Waals surface area contributed by atoms with Crippen molar-refractivity contribution in [3.05, 3.63) is 28.8 Å². The van der Waals surface area contributed by atoms with E-state index in [0.717, 1.165) is 28.6 Å². The maximum Gasteiger partial charge on any atom is 0.282 e. The van der Waals surface area contributed by atoms with Crippen molar-refractivity contribution >= 4 is 37.7 Å². The summed E-state index contributed by atoms with van der Waals surface area (Å²) in [6.45, 7) is 1.96. The molecule has 0 radical (unpaired) electrons. The van der Waals surface area contributed by atoms with Crippen LogP contribution in [0.3, 0.4) is 0 Å². The molecule has 1 atom stereocenters. The molecule has 0 spiro atoms. The minimum absolute atomic E-state index is 0.124. The van der Waals surface area contributed by atoms with Gasteiger partial charge in [-0.05, 0) is 18.9 Å². The predicted octanol–water partition coefficient (Wildman–Crippen LogP) is 1.71. The molecule has 10 heteroatoms. The summed E-state index contributed by atoms with van der Waals surface area (Å²) in [6.07, 6.45) is 2.99. The number of carbonyl (C=O) groups is 1. The Morgan fingerprint density at radius 3 is 2.71 bits per heavy atom. The van der Waals surface area contributed by atoms with E-state index in [1.807, 2.05) is 12.1 Å². The van der Waals surface area contributed by atoms with Crippen LogP contribution in [0.5, 0.6) is 0 Å². The van der Waals surface area contributed by atoms with Gasteiger partial charge in [0.2, 0.25) is 0 Å². The largest absolute Gasteiger partial charge is 0.371 e. The number of hydrogen-bond donors (Lipinski definition) is 0. The maximum atomic E-state index is 13.0. The van der Waals surface area contributed by atoms with Gasteiger partial charge >= 0.3 is 0 Å². The van der Waals surface area contributed by atoms with Crippen LogP contribution in [0.2, 0.25) is 0 Å². The van der Waals surface area contributed by atoms with Gasteiger partial charge in [-0.25, -0.2) is 4.98 Å². The first kappa shape index (κ1) is 19.7. The van der Waals surface area contributed by atoms with Gasteiger partial charge in [-0.1, -0.05) is 6.07 Å². The zero-order valence-electron chi connectivity index (χ0n) is 16.0. The fourth-order valence-corrected chi connectivity index (χ4v) is 6.62. The van der Waals surface area contributed by atoms with E-state index < -0.39 is 16.3 Å².